The summed E-state index contributed by atoms with van der Waals surface area (Å²) in [5.41, 5.74) is 0. The third-order valence-electron chi connectivity index (χ3n) is 2.76. The molecule has 1 fully saturated rings. The summed E-state index contributed by atoms with van der Waals surface area (Å²) < 4.78 is 16.3. The van der Waals surface area contributed by atoms with E-state index < -0.39 is 6.10 Å². The van der Waals surface area contributed by atoms with E-state index in [4.69, 9.17) is 14.2 Å². The van der Waals surface area contributed by atoms with Crippen molar-refractivity contribution in [3.63, 3.8) is 0 Å². The Kier molecular flexibility index (Phi) is 5.53. The van der Waals surface area contributed by atoms with Crippen molar-refractivity contribution in [3.05, 3.63) is 0 Å². The molecule has 1 aliphatic rings. The summed E-state index contributed by atoms with van der Waals surface area (Å²) in [4.78, 5) is 0. The Balaban J connectivity index is 2.34. The van der Waals surface area contributed by atoms with Gasteiger partial charge in [0.25, 0.3) is 0 Å². The summed E-state index contributed by atoms with van der Waals surface area (Å²) in [5.74, 6) is 0. The molecule has 4 nitrogen and oxygen atoms in total. The largest absolute Gasteiger partial charge is 0.388 e. The Labute approximate surface area is 91.5 Å². The van der Waals surface area contributed by atoms with Gasteiger partial charge in [0, 0.05) is 20.1 Å². The van der Waals surface area contributed by atoms with Crippen LogP contribution in [-0.4, -0.2) is 43.4 Å². The molecule has 0 aliphatic carbocycles. The maximum absolute atomic E-state index is 9.72. The molecule has 4 atom stereocenters. The Bertz CT molecular complexity index is 174. The molecule has 0 bridgehead atoms. The number of hydrogen-bond donors (Lipinski definition) is 1. The number of methoxy groups -OCH3 is 1. The van der Waals surface area contributed by atoms with Gasteiger partial charge in [0.1, 0.15) is 6.10 Å². The van der Waals surface area contributed by atoms with Crippen molar-refractivity contribution in [2.75, 3.05) is 13.7 Å². The molecule has 15 heavy (non-hydrogen) atoms. The lowest BCUT2D eigenvalue weighted by Gasteiger charge is -2.36. The van der Waals surface area contributed by atoms with Gasteiger partial charge in [-0.15, -0.1) is 0 Å². The zero-order valence-electron chi connectivity index (χ0n) is 9.81. The monoisotopic (exact) mass is 218 g/mol. The number of rotatable bonds is 5. The second kappa shape index (κ2) is 6.43. The minimum Gasteiger partial charge on any atom is -0.388 e. The molecule has 0 saturated carbocycles. The van der Waals surface area contributed by atoms with E-state index >= 15 is 0 Å². The number of aliphatic hydroxyl groups excluding tert-OH is 1. The van der Waals surface area contributed by atoms with Gasteiger partial charge in [-0.2, -0.15) is 0 Å². The first-order valence-electron chi connectivity index (χ1n) is 5.67. The lowest BCUT2D eigenvalue weighted by molar-refractivity contribution is -0.249. The average Bonchev–Trinajstić information content (AvgIpc) is 2.23. The maximum Gasteiger partial charge on any atom is 0.160 e. The van der Waals surface area contributed by atoms with Gasteiger partial charge in [-0.3, -0.25) is 0 Å². The van der Waals surface area contributed by atoms with Crippen LogP contribution in [0.2, 0.25) is 0 Å². The molecular weight excluding hydrogens is 196 g/mol. The second-order valence-electron chi connectivity index (χ2n) is 4.00. The molecular formula is C11H22O4. The summed E-state index contributed by atoms with van der Waals surface area (Å²) >= 11 is 0. The molecule has 1 heterocycles. The molecule has 0 aromatic rings. The summed E-state index contributed by atoms with van der Waals surface area (Å²) in [7, 11) is 1.61. The normalized spacial score (nSPS) is 36.8. The van der Waals surface area contributed by atoms with Crippen LogP contribution in [-0.2, 0) is 14.2 Å². The predicted molar refractivity (Wildman–Crippen MR) is 56.6 cm³/mol. The van der Waals surface area contributed by atoms with Crippen LogP contribution in [0.5, 0.6) is 0 Å². The maximum atomic E-state index is 9.72. The fraction of sp³-hybridized carbons (Fsp3) is 1.00. The Hall–Kier alpha value is -0.160. The number of unbranched alkanes of at least 4 members (excludes halogenated alkanes) is 1. The first kappa shape index (κ1) is 12.9. The van der Waals surface area contributed by atoms with Crippen LogP contribution in [0.15, 0.2) is 0 Å². The van der Waals surface area contributed by atoms with Crippen LogP contribution in [0.25, 0.3) is 0 Å². The van der Waals surface area contributed by atoms with E-state index in [0.717, 1.165) is 12.8 Å². The summed E-state index contributed by atoms with van der Waals surface area (Å²) in [6, 6.07) is 0. The summed E-state index contributed by atoms with van der Waals surface area (Å²) in [6.07, 6.45) is 1.55. The van der Waals surface area contributed by atoms with Gasteiger partial charge in [-0.1, -0.05) is 13.3 Å². The van der Waals surface area contributed by atoms with E-state index in [9.17, 15) is 5.11 Å². The molecule has 4 heteroatoms. The molecule has 1 rings (SSSR count). The van der Waals surface area contributed by atoms with Gasteiger partial charge in [0.2, 0.25) is 0 Å². The number of aliphatic hydroxyl groups is 1. The molecule has 0 amide bonds. The van der Waals surface area contributed by atoms with Gasteiger partial charge in [0.05, 0.1) is 12.2 Å². The zero-order valence-corrected chi connectivity index (χ0v) is 9.81. The zero-order chi connectivity index (χ0) is 11.3. The highest BCUT2D eigenvalue weighted by Crippen LogP contribution is 2.23. The minimum absolute atomic E-state index is 0.180. The topological polar surface area (TPSA) is 47.9 Å². The number of hydrogen-bond acceptors (Lipinski definition) is 4. The van der Waals surface area contributed by atoms with Crippen molar-refractivity contribution in [3.8, 4) is 0 Å². The second-order valence-corrected chi connectivity index (χ2v) is 4.00. The van der Waals surface area contributed by atoms with Crippen molar-refractivity contribution in [1.29, 1.82) is 0 Å². The molecule has 0 spiro atoms. The van der Waals surface area contributed by atoms with Gasteiger partial charge in [-0.25, -0.2) is 0 Å². The number of ether oxygens (including phenoxy) is 3. The van der Waals surface area contributed by atoms with Crippen LogP contribution in [0.4, 0.5) is 0 Å². The van der Waals surface area contributed by atoms with E-state index in [0.29, 0.717) is 13.0 Å². The molecule has 90 valence electrons. The average molecular weight is 218 g/mol. The highest BCUT2D eigenvalue weighted by Gasteiger charge is 2.35. The van der Waals surface area contributed by atoms with Crippen molar-refractivity contribution in [1.82, 2.24) is 0 Å². The van der Waals surface area contributed by atoms with Crippen LogP contribution in [0.3, 0.4) is 0 Å². The van der Waals surface area contributed by atoms with Gasteiger partial charge < -0.3 is 19.3 Å². The molecule has 0 unspecified atom stereocenters. The van der Waals surface area contributed by atoms with E-state index in [1.165, 1.54) is 0 Å². The standard InChI is InChI=1S/C11H22O4/c1-4-5-6-14-10-7-9(13-3)11(12)8(2)15-10/h8-12H,4-7H2,1-3H3/t8-,9-,10-,11+/m0/s1. The highest BCUT2D eigenvalue weighted by atomic mass is 16.7. The van der Waals surface area contributed by atoms with Gasteiger partial charge in [-0.05, 0) is 13.3 Å². The quantitative estimate of drug-likeness (QED) is 0.707. The Morgan fingerprint density at radius 1 is 1.47 bits per heavy atom. The third kappa shape index (κ3) is 3.72. The van der Waals surface area contributed by atoms with Crippen LogP contribution < -0.4 is 0 Å². The van der Waals surface area contributed by atoms with Gasteiger partial charge in [0.15, 0.2) is 6.29 Å². The molecule has 1 aliphatic heterocycles. The van der Waals surface area contributed by atoms with Crippen molar-refractivity contribution >= 4 is 0 Å². The van der Waals surface area contributed by atoms with Gasteiger partial charge >= 0.3 is 0 Å². The predicted octanol–water partition coefficient (Wildman–Crippen LogP) is 1.31. The summed E-state index contributed by atoms with van der Waals surface area (Å²) in [6.45, 7) is 4.67. The fourth-order valence-corrected chi connectivity index (χ4v) is 1.71. The van der Waals surface area contributed by atoms with Crippen molar-refractivity contribution in [2.24, 2.45) is 0 Å². The minimum atomic E-state index is -0.555. The first-order valence-corrected chi connectivity index (χ1v) is 5.67. The molecule has 0 aromatic carbocycles. The Morgan fingerprint density at radius 2 is 2.20 bits per heavy atom. The molecule has 1 N–H and O–H groups in total. The van der Waals surface area contributed by atoms with E-state index in [2.05, 4.69) is 6.92 Å². The van der Waals surface area contributed by atoms with Crippen LogP contribution >= 0.6 is 0 Å². The SMILES string of the molecule is CCCCO[C@@H]1C[C@H](OC)[C@H](O)[C@H](C)O1. The van der Waals surface area contributed by atoms with E-state index in [1.807, 2.05) is 6.92 Å². The molecule has 0 aromatic heterocycles. The van der Waals surface area contributed by atoms with Crippen molar-refractivity contribution < 1.29 is 19.3 Å². The lowest BCUT2D eigenvalue weighted by Crippen LogP contribution is -2.48. The van der Waals surface area contributed by atoms with Crippen LogP contribution in [0, 0.1) is 0 Å². The van der Waals surface area contributed by atoms with E-state index in [1.54, 1.807) is 7.11 Å². The Morgan fingerprint density at radius 3 is 2.80 bits per heavy atom. The smallest absolute Gasteiger partial charge is 0.160 e. The fourth-order valence-electron chi connectivity index (χ4n) is 1.71. The molecule has 1 saturated heterocycles. The highest BCUT2D eigenvalue weighted by molar-refractivity contribution is 4.81. The van der Waals surface area contributed by atoms with Crippen LogP contribution in [0.1, 0.15) is 33.1 Å². The molecule has 0 radical (unpaired) electrons. The van der Waals surface area contributed by atoms with Crippen molar-refractivity contribution in [2.45, 2.75) is 57.7 Å². The summed E-state index contributed by atoms with van der Waals surface area (Å²) in [5, 5.41) is 9.72. The van der Waals surface area contributed by atoms with E-state index in [-0.39, 0.29) is 18.5 Å². The first-order chi connectivity index (χ1) is 7.19. The lowest BCUT2D eigenvalue weighted by atomic mass is 10.0. The third-order valence-corrected chi connectivity index (χ3v) is 2.76.